The summed E-state index contributed by atoms with van der Waals surface area (Å²) < 4.78 is 22.0. The minimum absolute atomic E-state index is 0.216. The SMILES string of the molecule is CCCC/C=C/CCCCCCCC(=O)O[C@@H](COC(=O)CCCC/C=C/CCCCCCCCCCC)CO[C@H]1O[C@@H](CO)[C@@H](O)C(O)C1O. The molecule has 0 bridgehead atoms. The molecule has 1 saturated heterocycles. The number of ether oxygens (including phenoxy) is 4. The van der Waals surface area contributed by atoms with Crippen molar-refractivity contribution in [1.29, 1.82) is 0 Å². The third-order valence-corrected chi connectivity index (χ3v) is 9.31. The van der Waals surface area contributed by atoms with Crippen LogP contribution in [-0.2, 0) is 28.5 Å². The molecule has 0 amide bonds. The Hall–Kier alpha value is -1.82. The lowest BCUT2D eigenvalue weighted by Crippen LogP contribution is -2.59. The summed E-state index contributed by atoms with van der Waals surface area (Å²) in [6.07, 6.45) is 26.2. The first-order chi connectivity index (χ1) is 24.8. The second-order valence-electron chi connectivity index (χ2n) is 14.1. The third kappa shape index (κ3) is 24.9. The van der Waals surface area contributed by atoms with Gasteiger partial charge in [0.25, 0.3) is 0 Å². The van der Waals surface area contributed by atoms with Crippen LogP contribution in [0.15, 0.2) is 24.3 Å². The van der Waals surface area contributed by atoms with Gasteiger partial charge in [-0.15, -0.1) is 0 Å². The molecule has 1 aliphatic rings. The van der Waals surface area contributed by atoms with Crippen LogP contribution in [0.5, 0.6) is 0 Å². The predicted octanol–water partition coefficient (Wildman–Crippen LogP) is 7.77. The van der Waals surface area contributed by atoms with Gasteiger partial charge in [0.1, 0.15) is 31.0 Å². The van der Waals surface area contributed by atoms with E-state index in [1.165, 1.54) is 70.6 Å². The molecule has 0 aromatic rings. The number of aliphatic hydroxyl groups is 4. The van der Waals surface area contributed by atoms with Crippen molar-refractivity contribution in [2.75, 3.05) is 19.8 Å². The summed E-state index contributed by atoms with van der Waals surface area (Å²) in [5.74, 6) is -0.843. The van der Waals surface area contributed by atoms with Gasteiger partial charge in [0.2, 0.25) is 0 Å². The monoisotopic (exact) mass is 727 g/mol. The van der Waals surface area contributed by atoms with E-state index in [4.69, 9.17) is 18.9 Å². The van der Waals surface area contributed by atoms with Gasteiger partial charge in [-0.3, -0.25) is 9.59 Å². The number of esters is 2. The summed E-state index contributed by atoms with van der Waals surface area (Å²) in [5.41, 5.74) is 0. The smallest absolute Gasteiger partial charge is 0.306 e. The fraction of sp³-hybridized carbons (Fsp3) is 0.854. The van der Waals surface area contributed by atoms with Crippen LogP contribution in [0.4, 0.5) is 0 Å². The Kier molecular flexibility index (Phi) is 30.4. The Bertz CT molecular complexity index is 892. The molecule has 4 N–H and O–H groups in total. The van der Waals surface area contributed by atoms with E-state index in [0.717, 1.165) is 57.8 Å². The molecular weight excluding hydrogens is 652 g/mol. The summed E-state index contributed by atoms with van der Waals surface area (Å²) in [4.78, 5) is 25.2. The molecule has 298 valence electrons. The van der Waals surface area contributed by atoms with E-state index >= 15 is 0 Å². The molecule has 0 saturated carbocycles. The van der Waals surface area contributed by atoms with Gasteiger partial charge in [-0.25, -0.2) is 0 Å². The summed E-state index contributed by atoms with van der Waals surface area (Å²) in [6, 6.07) is 0. The van der Waals surface area contributed by atoms with Crippen LogP contribution in [0.3, 0.4) is 0 Å². The highest BCUT2D eigenvalue weighted by Crippen LogP contribution is 2.22. The first-order valence-corrected chi connectivity index (χ1v) is 20.4. The topological polar surface area (TPSA) is 152 Å². The number of allylic oxidation sites excluding steroid dienone is 4. The minimum atomic E-state index is -1.60. The van der Waals surface area contributed by atoms with E-state index in [2.05, 4.69) is 38.2 Å². The van der Waals surface area contributed by atoms with Crippen molar-refractivity contribution >= 4 is 11.9 Å². The molecule has 2 unspecified atom stereocenters. The van der Waals surface area contributed by atoms with E-state index in [-0.39, 0.29) is 26.1 Å². The van der Waals surface area contributed by atoms with Crippen LogP contribution in [0.1, 0.15) is 168 Å². The summed E-state index contributed by atoms with van der Waals surface area (Å²) in [7, 11) is 0. The van der Waals surface area contributed by atoms with Gasteiger partial charge in [-0.2, -0.15) is 0 Å². The molecule has 0 aromatic carbocycles. The minimum Gasteiger partial charge on any atom is -0.462 e. The predicted molar refractivity (Wildman–Crippen MR) is 201 cm³/mol. The lowest BCUT2D eigenvalue weighted by atomic mass is 9.99. The van der Waals surface area contributed by atoms with Gasteiger partial charge in [0, 0.05) is 12.8 Å². The highest BCUT2D eigenvalue weighted by Gasteiger charge is 2.44. The molecule has 1 aliphatic heterocycles. The van der Waals surface area contributed by atoms with Crippen molar-refractivity contribution in [3.05, 3.63) is 24.3 Å². The van der Waals surface area contributed by atoms with Gasteiger partial charge in [-0.1, -0.05) is 122 Å². The van der Waals surface area contributed by atoms with Crippen molar-refractivity contribution in [1.82, 2.24) is 0 Å². The molecule has 0 radical (unpaired) electrons. The molecule has 1 fully saturated rings. The van der Waals surface area contributed by atoms with Crippen molar-refractivity contribution in [2.24, 2.45) is 0 Å². The number of rotatable bonds is 33. The largest absolute Gasteiger partial charge is 0.462 e. The maximum absolute atomic E-state index is 12.7. The first-order valence-electron chi connectivity index (χ1n) is 20.4. The van der Waals surface area contributed by atoms with Gasteiger partial charge in [0.05, 0.1) is 13.2 Å². The maximum atomic E-state index is 12.7. The fourth-order valence-corrected chi connectivity index (χ4v) is 5.99. The van der Waals surface area contributed by atoms with Crippen molar-refractivity contribution in [3.63, 3.8) is 0 Å². The molecule has 10 heteroatoms. The molecule has 0 aliphatic carbocycles. The van der Waals surface area contributed by atoms with Crippen LogP contribution < -0.4 is 0 Å². The van der Waals surface area contributed by atoms with Crippen LogP contribution >= 0.6 is 0 Å². The lowest BCUT2D eigenvalue weighted by Gasteiger charge is -2.39. The number of aliphatic hydroxyl groups excluding tert-OH is 4. The summed E-state index contributed by atoms with van der Waals surface area (Å²) >= 11 is 0. The lowest BCUT2D eigenvalue weighted by molar-refractivity contribution is -0.305. The van der Waals surface area contributed by atoms with Crippen molar-refractivity contribution in [3.8, 4) is 0 Å². The zero-order valence-corrected chi connectivity index (χ0v) is 32.1. The average molecular weight is 727 g/mol. The van der Waals surface area contributed by atoms with Crippen molar-refractivity contribution in [2.45, 2.75) is 205 Å². The Balaban J connectivity index is 2.38. The standard InChI is InChI=1S/C41H74O10/c1-3-5-7-9-11-13-15-16-17-18-20-21-23-25-27-29-36(43)48-32-34(33-49-41-40(47)39(46)38(45)35(31-42)51-41)50-37(44)30-28-26-24-22-19-14-12-10-8-6-4-2/h10,12,20-21,34-35,38-42,45-47H,3-9,11,13-19,22-33H2,1-2H3/b12-10+,21-20+/t34-,35-,38+,39?,40?,41-/m0/s1. The Morgan fingerprint density at radius 3 is 1.63 bits per heavy atom. The summed E-state index contributed by atoms with van der Waals surface area (Å²) in [6.45, 7) is 3.34. The van der Waals surface area contributed by atoms with E-state index in [0.29, 0.717) is 12.8 Å². The van der Waals surface area contributed by atoms with Crippen LogP contribution in [-0.4, -0.2) is 89.0 Å². The van der Waals surface area contributed by atoms with Crippen LogP contribution in [0.2, 0.25) is 0 Å². The van der Waals surface area contributed by atoms with E-state index in [1.54, 1.807) is 0 Å². The van der Waals surface area contributed by atoms with Gasteiger partial charge in [0.15, 0.2) is 12.4 Å². The number of hydrogen-bond acceptors (Lipinski definition) is 10. The number of carbonyl (C=O) groups excluding carboxylic acids is 2. The molecule has 1 heterocycles. The number of hydrogen-bond donors (Lipinski definition) is 4. The average Bonchev–Trinajstić information content (AvgIpc) is 3.13. The second kappa shape index (κ2) is 32.8. The van der Waals surface area contributed by atoms with Crippen LogP contribution in [0, 0.1) is 0 Å². The molecule has 0 spiro atoms. The maximum Gasteiger partial charge on any atom is 0.306 e. The highest BCUT2D eigenvalue weighted by molar-refractivity contribution is 5.70. The molecule has 0 aromatic heterocycles. The van der Waals surface area contributed by atoms with Gasteiger partial charge >= 0.3 is 11.9 Å². The molecule has 6 atom stereocenters. The Morgan fingerprint density at radius 2 is 1.06 bits per heavy atom. The molecule has 51 heavy (non-hydrogen) atoms. The highest BCUT2D eigenvalue weighted by atomic mass is 16.7. The molecule has 1 rings (SSSR count). The zero-order valence-electron chi connectivity index (χ0n) is 32.1. The molecule has 10 nitrogen and oxygen atoms in total. The first kappa shape index (κ1) is 47.2. The second-order valence-corrected chi connectivity index (χ2v) is 14.1. The van der Waals surface area contributed by atoms with E-state index in [1.807, 2.05) is 0 Å². The van der Waals surface area contributed by atoms with Gasteiger partial charge in [-0.05, 0) is 57.8 Å². The number of unbranched alkanes of at least 4 members (excludes halogenated alkanes) is 18. The zero-order chi connectivity index (χ0) is 37.4. The van der Waals surface area contributed by atoms with Crippen LogP contribution in [0.25, 0.3) is 0 Å². The molecular formula is C41H74O10. The Morgan fingerprint density at radius 1 is 0.588 bits per heavy atom. The quantitative estimate of drug-likeness (QED) is 0.0300. The van der Waals surface area contributed by atoms with Gasteiger partial charge < -0.3 is 39.4 Å². The summed E-state index contributed by atoms with van der Waals surface area (Å²) in [5, 5.41) is 39.9. The fourth-order valence-electron chi connectivity index (χ4n) is 5.99. The van der Waals surface area contributed by atoms with E-state index in [9.17, 15) is 30.0 Å². The van der Waals surface area contributed by atoms with Crippen molar-refractivity contribution < 1.29 is 49.0 Å². The third-order valence-electron chi connectivity index (χ3n) is 9.31. The van der Waals surface area contributed by atoms with E-state index < -0.39 is 55.4 Å². The normalized spacial score (nSPS) is 21.4. The number of carbonyl (C=O) groups is 2. The Labute approximate surface area is 309 Å².